The first kappa shape index (κ1) is 30.3. The summed E-state index contributed by atoms with van der Waals surface area (Å²) >= 11 is 5.98. The highest BCUT2D eigenvalue weighted by molar-refractivity contribution is 7.92. The van der Waals surface area contributed by atoms with Gasteiger partial charge in [-0.1, -0.05) is 59.6 Å². The first-order valence-corrected chi connectivity index (χ1v) is 14.7. The van der Waals surface area contributed by atoms with E-state index in [1.165, 1.54) is 30.5 Å². The Bertz CT molecular complexity index is 1630. The van der Waals surface area contributed by atoms with Crippen LogP contribution in [0.1, 0.15) is 16.7 Å². The predicted molar refractivity (Wildman–Crippen MR) is 163 cm³/mol. The van der Waals surface area contributed by atoms with Crippen LogP contribution in [0.3, 0.4) is 0 Å². The van der Waals surface area contributed by atoms with Gasteiger partial charge in [0.2, 0.25) is 0 Å². The number of hydrogen-bond acceptors (Lipinski definition) is 6. The van der Waals surface area contributed by atoms with E-state index >= 15 is 0 Å². The molecule has 0 unspecified atom stereocenters. The average molecular weight is 605 g/mol. The van der Waals surface area contributed by atoms with Crippen LogP contribution in [0.15, 0.2) is 113 Å². The van der Waals surface area contributed by atoms with Crippen molar-refractivity contribution < 1.29 is 22.7 Å². The van der Waals surface area contributed by atoms with Gasteiger partial charge in [-0.2, -0.15) is 5.10 Å². The largest absolute Gasteiger partial charge is 0.484 e. The minimum Gasteiger partial charge on any atom is -0.484 e. The number of benzene rings is 4. The van der Waals surface area contributed by atoms with Gasteiger partial charge in [0.1, 0.15) is 12.3 Å². The van der Waals surface area contributed by atoms with Gasteiger partial charge in [-0.3, -0.25) is 13.9 Å². The Morgan fingerprint density at radius 3 is 2.21 bits per heavy atom. The zero-order valence-electron chi connectivity index (χ0n) is 22.7. The summed E-state index contributed by atoms with van der Waals surface area (Å²) in [6.07, 6.45) is 1.41. The number of carbonyl (C=O) groups excluding carboxylic acids is 2. The number of nitrogens with zero attached hydrogens (tertiary/aromatic N) is 2. The van der Waals surface area contributed by atoms with Crippen molar-refractivity contribution >= 4 is 45.3 Å². The average Bonchev–Trinajstić information content (AvgIpc) is 2.99. The monoisotopic (exact) mass is 604 g/mol. The van der Waals surface area contributed by atoms with E-state index in [9.17, 15) is 18.0 Å². The number of aryl methyl sites for hydroxylation is 1. The van der Waals surface area contributed by atoms with Crippen molar-refractivity contribution in [1.29, 1.82) is 0 Å². The van der Waals surface area contributed by atoms with Gasteiger partial charge in [0.15, 0.2) is 6.61 Å². The summed E-state index contributed by atoms with van der Waals surface area (Å²) in [5.74, 6) is -0.395. The standard InChI is InChI=1S/C31H29ClN4O5S/c1-23-7-17-29(18-8-23)42(39,40)36(27-13-11-26(32)12-14-27)21-30(37)35-34-20-25-9-15-28(16-10-25)41-22-31(38)33-19-24-5-3-2-4-6-24/h2-18,20H,19,21-22H2,1H3,(H,33,38)(H,35,37)/b34-20+. The van der Waals surface area contributed by atoms with Crippen molar-refractivity contribution in [1.82, 2.24) is 10.7 Å². The highest BCUT2D eigenvalue weighted by Gasteiger charge is 2.27. The number of hydrazone groups is 1. The third-order valence-electron chi connectivity index (χ3n) is 6.00. The predicted octanol–water partition coefficient (Wildman–Crippen LogP) is 4.69. The van der Waals surface area contributed by atoms with E-state index < -0.39 is 22.5 Å². The molecule has 0 saturated carbocycles. The molecule has 11 heteroatoms. The minimum atomic E-state index is -4.06. The second kappa shape index (κ2) is 14.3. The van der Waals surface area contributed by atoms with Crippen LogP contribution in [-0.2, 0) is 26.2 Å². The minimum absolute atomic E-state index is 0.0512. The Kier molecular flexibility index (Phi) is 10.3. The van der Waals surface area contributed by atoms with Crippen molar-refractivity contribution in [2.45, 2.75) is 18.4 Å². The maximum absolute atomic E-state index is 13.4. The number of carbonyl (C=O) groups is 2. The lowest BCUT2D eigenvalue weighted by atomic mass is 10.2. The molecule has 9 nitrogen and oxygen atoms in total. The fourth-order valence-corrected chi connectivity index (χ4v) is 5.30. The molecule has 42 heavy (non-hydrogen) atoms. The summed E-state index contributed by atoms with van der Waals surface area (Å²) in [4.78, 5) is 24.9. The molecule has 0 fully saturated rings. The molecule has 4 aromatic rings. The summed E-state index contributed by atoms with van der Waals surface area (Å²) in [5, 5.41) is 7.18. The van der Waals surface area contributed by atoms with Gasteiger partial charge in [0, 0.05) is 11.6 Å². The van der Waals surface area contributed by atoms with Gasteiger partial charge in [0.05, 0.1) is 16.8 Å². The molecule has 0 heterocycles. The molecule has 0 atom stereocenters. The van der Waals surface area contributed by atoms with Gasteiger partial charge >= 0.3 is 0 Å². The number of amides is 2. The zero-order valence-corrected chi connectivity index (χ0v) is 24.3. The second-order valence-corrected chi connectivity index (χ2v) is 11.5. The van der Waals surface area contributed by atoms with Gasteiger partial charge in [-0.05, 0) is 78.7 Å². The third kappa shape index (κ3) is 8.66. The van der Waals surface area contributed by atoms with Crippen molar-refractivity contribution in [3.63, 3.8) is 0 Å². The first-order chi connectivity index (χ1) is 20.2. The fraction of sp³-hybridized carbons (Fsp3) is 0.129. The molecule has 0 aliphatic heterocycles. The smallest absolute Gasteiger partial charge is 0.264 e. The van der Waals surface area contributed by atoms with Crippen LogP contribution < -0.4 is 19.8 Å². The molecular weight excluding hydrogens is 576 g/mol. The normalized spacial score (nSPS) is 11.2. The molecule has 0 aromatic heterocycles. The van der Waals surface area contributed by atoms with Crippen LogP contribution in [0.2, 0.25) is 5.02 Å². The number of halogens is 1. The number of rotatable bonds is 12. The van der Waals surface area contributed by atoms with Gasteiger partial charge in [-0.15, -0.1) is 0 Å². The van der Waals surface area contributed by atoms with Crippen molar-refractivity contribution in [3.05, 3.63) is 125 Å². The molecule has 0 radical (unpaired) electrons. The van der Waals surface area contributed by atoms with E-state index in [2.05, 4.69) is 15.8 Å². The Balaban J connectivity index is 1.32. The highest BCUT2D eigenvalue weighted by atomic mass is 35.5. The molecule has 0 bridgehead atoms. The number of sulfonamides is 1. The molecule has 0 spiro atoms. The fourth-order valence-electron chi connectivity index (χ4n) is 3.75. The maximum atomic E-state index is 13.4. The Hall–Kier alpha value is -4.67. The molecule has 4 rings (SSSR count). The van der Waals surface area contributed by atoms with Crippen LogP contribution in [-0.4, -0.2) is 39.6 Å². The molecule has 0 aliphatic carbocycles. The Labute approximate surface area is 249 Å². The van der Waals surface area contributed by atoms with Crippen LogP contribution in [0.25, 0.3) is 0 Å². The summed E-state index contributed by atoms with van der Waals surface area (Å²) in [6, 6.07) is 28.8. The maximum Gasteiger partial charge on any atom is 0.264 e. The molecule has 0 aliphatic rings. The Morgan fingerprint density at radius 2 is 1.55 bits per heavy atom. The second-order valence-electron chi connectivity index (χ2n) is 9.21. The SMILES string of the molecule is Cc1ccc(S(=O)(=O)N(CC(=O)N/N=C/c2ccc(OCC(=O)NCc3ccccc3)cc2)c2ccc(Cl)cc2)cc1. The Morgan fingerprint density at radius 1 is 0.881 bits per heavy atom. The molecular formula is C31H29ClN4O5S. The molecule has 216 valence electrons. The van der Waals surface area contributed by atoms with Crippen molar-refractivity contribution in [2.75, 3.05) is 17.5 Å². The van der Waals surface area contributed by atoms with E-state index in [1.54, 1.807) is 48.5 Å². The van der Waals surface area contributed by atoms with E-state index in [-0.39, 0.29) is 23.1 Å². The van der Waals surface area contributed by atoms with Crippen LogP contribution in [0, 0.1) is 6.92 Å². The number of nitrogens with one attached hydrogen (secondary N) is 2. The first-order valence-electron chi connectivity index (χ1n) is 12.9. The summed E-state index contributed by atoms with van der Waals surface area (Å²) in [5.41, 5.74) is 5.20. The van der Waals surface area contributed by atoms with Gasteiger partial charge in [-0.25, -0.2) is 13.8 Å². The lowest BCUT2D eigenvalue weighted by Crippen LogP contribution is -2.39. The van der Waals surface area contributed by atoms with Crippen molar-refractivity contribution in [2.24, 2.45) is 5.10 Å². The molecule has 2 amide bonds. The van der Waals surface area contributed by atoms with E-state index in [0.29, 0.717) is 22.9 Å². The van der Waals surface area contributed by atoms with Crippen LogP contribution in [0.4, 0.5) is 5.69 Å². The van der Waals surface area contributed by atoms with E-state index in [0.717, 1.165) is 15.4 Å². The number of ether oxygens (including phenoxy) is 1. The summed E-state index contributed by atoms with van der Waals surface area (Å²) in [6.45, 7) is 1.63. The quantitative estimate of drug-likeness (QED) is 0.180. The van der Waals surface area contributed by atoms with Crippen LogP contribution in [0.5, 0.6) is 5.75 Å². The number of anilines is 1. The van der Waals surface area contributed by atoms with Crippen molar-refractivity contribution in [3.8, 4) is 5.75 Å². The third-order valence-corrected chi connectivity index (χ3v) is 8.04. The van der Waals surface area contributed by atoms with E-state index in [1.807, 2.05) is 37.3 Å². The lowest BCUT2D eigenvalue weighted by molar-refractivity contribution is -0.123. The molecule has 0 saturated heterocycles. The lowest BCUT2D eigenvalue weighted by Gasteiger charge is -2.23. The summed E-state index contributed by atoms with van der Waals surface area (Å²) < 4.78 is 33.4. The topological polar surface area (TPSA) is 117 Å². The highest BCUT2D eigenvalue weighted by Crippen LogP contribution is 2.25. The molecule has 2 N–H and O–H groups in total. The molecule has 4 aromatic carbocycles. The van der Waals surface area contributed by atoms with Gasteiger partial charge in [0.25, 0.3) is 21.8 Å². The van der Waals surface area contributed by atoms with Gasteiger partial charge < -0.3 is 10.1 Å². The van der Waals surface area contributed by atoms with E-state index in [4.69, 9.17) is 16.3 Å². The van der Waals surface area contributed by atoms with Crippen LogP contribution >= 0.6 is 11.6 Å². The summed E-state index contributed by atoms with van der Waals surface area (Å²) in [7, 11) is -4.06. The number of hydrogen-bond donors (Lipinski definition) is 2. The zero-order chi connectivity index (χ0) is 30.0.